The molecule has 5 N–H and O–H groups in total. The lowest BCUT2D eigenvalue weighted by Gasteiger charge is -2.10. The fourth-order valence-electron chi connectivity index (χ4n) is 3.72. The number of nitrogens with zero attached hydrogens (tertiary/aromatic N) is 5. The van der Waals surface area contributed by atoms with Gasteiger partial charge in [-0.15, -0.1) is 5.10 Å². The van der Waals surface area contributed by atoms with Gasteiger partial charge in [0.2, 0.25) is 17.8 Å². The molecule has 5 rings (SSSR count). The Balaban J connectivity index is 0.000000251. The summed E-state index contributed by atoms with van der Waals surface area (Å²) in [6.07, 6.45) is 5.51. The molecule has 0 fully saturated rings. The van der Waals surface area contributed by atoms with Gasteiger partial charge in [-0.25, -0.2) is 9.50 Å². The van der Waals surface area contributed by atoms with Crippen LogP contribution in [0.5, 0.6) is 0 Å². The molecule has 11 nitrogen and oxygen atoms in total. The summed E-state index contributed by atoms with van der Waals surface area (Å²) in [6.45, 7) is 7.41. The highest BCUT2D eigenvalue weighted by atomic mass is 16.2. The molecular weight excluding hydrogens is 518 g/mol. The van der Waals surface area contributed by atoms with Crippen LogP contribution in [0.25, 0.3) is 16.8 Å². The van der Waals surface area contributed by atoms with Crippen molar-refractivity contribution in [1.29, 1.82) is 0 Å². The largest absolute Gasteiger partial charge is 0.399 e. The number of carbonyl (C=O) groups excluding carboxylic acids is 2. The maximum atomic E-state index is 11.9. The molecule has 3 heterocycles. The van der Waals surface area contributed by atoms with Crippen molar-refractivity contribution in [2.75, 3.05) is 21.7 Å². The monoisotopic (exact) mass is 553 g/mol. The Morgan fingerprint density at radius 2 is 1.46 bits per heavy atom. The molecule has 0 saturated heterocycles. The molecule has 0 aliphatic heterocycles. The summed E-state index contributed by atoms with van der Waals surface area (Å²) in [6, 6.07) is 18.6. The number of anilines is 5. The predicted octanol–water partition coefficient (Wildman–Crippen LogP) is 5.33. The summed E-state index contributed by atoms with van der Waals surface area (Å²) in [7, 11) is 1.88. The second-order valence-electron chi connectivity index (χ2n) is 10.2. The molecule has 41 heavy (non-hydrogen) atoms. The van der Waals surface area contributed by atoms with Crippen molar-refractivity contribution in [1.82, 2.24) is 24.4 Å². The summed E-state index contributed by atoms with van der Waals surface area (Å²) in [5, 5.41) is 17.7. The van der Waals surface area contributed by atoms with Crippen molar-refractivity contribution < 1.29 is 9.59 Å². The minimum Gasteiger partial charge on any atom is -0.399 e. The number of aromatic nitrogens is 5. The van der Waals surface area contributed by atoms with Gasteiger partial charge >= 0.3 is 0 Å². The Labute approximate surface area is 238 Å². The maximum absolute atomic E-state index is 11.9. The van der Waals surface area contributed by atoms with Gasteiger partial charge in [-0.2, -0.15) is 5.10 Å². The molecule has 0 radical (unpaired) electrons. The van der Waals surface area contributed by atoms with E-state index in [0.29, 0.717) is 11.6 Å². The van der Waals surface area contributed by atoms with Crippen LogP contribution in [0.3, 0.4) is 0 Å². The second kappa shape index (κ2) is 12.8. The van der Waals surface area contributed by atoms with Gasteiger partial charge in [-0.3, -0.25) is 14.3 Å². The number of nitrogens with two attached hydrogens (primary N) is 1. The quantitative estimate of drug-likeness (QED) is 0.199. The highest BCUT2D eigenvalue weighted by molar-refractivity contribution is 5.93. The molecule has 0 aliphatic carbocycles. The van der Waals surface area contributed by atoms with Gasteiger partial charge in [-0.05, 0) is 48.5 Å². The van der Waals surface area contributed by atoms with E-state index in [-0.39, 0.29) is 23.7 Å². The van der Waals surface area contributed by atoms with E-state index in [4.69, 9.17) is 5.73 Å². The molecule has 0 aliphatic rings. The molecule has 2 amide bonds. The van der Waals surface area contributed by atoms with Crippen LogP contribution in [-0.4, -0.2) is 36.2 Å². The minimum atomic E-state index is -0.0815. The summed E-state index contributed by atoms with van der Waals surface area (Å²) < 4.78 is 3.59. The van der Waals surface area contributed by atoms with Crippen molar-refractivity contribution in [2.24, 2.45) is 18.9 Å². The van der Waals surface area contributed by atoms with E-state index in [2.05, 4.69) is 31.1 Å². The fourth-order valence-corrected chi connectivity index (χ4v) is 3.72. The normalized spacial score (nSPS) is 10.8. The Hall–Kier alpha value is -5.19. The summed E-state index contributed by atoms with van der Waals surface area (Å²) in [5.41, 5.74) is 11.3. The maximum Gasteiger partial charge on any atom is 0.245 e. The van der Waals surface area contributed by atoms with Gasteiger partial charge in [0.25, 0.3) is 0 Å². The fraction of sp³-hybridized carbons (Fsp3) is 0.233. The summed E-state index contributed by atoms with van der Waals surface area (Å²) in [4.78, 5) is 27.6. The molecule has 0 unspecified atom stereocenters. The number of fused-ring (bicyclic) bond motifs is 1. The van der Waals surface area contributed by atoms with Gasteiger partial charge in [0.1, 0.15) is 0 Å². The van der Waals surface area contributed by atoms with E-state index in [1.165, 1.54) is 0 Å². The highest BCUT2D eigenvalue weighted by Gasteiger charge is 2.11. The van der Waals surface area contributed by atoms with Crippen LogP contribution in [0.2, 0.25) is 0 Å². The molecular formula is C30H35N9O2. The van der Waals surface area contributed by atoms with Gasteiger partial charge in [0, 0.05) is 53.4 Å². The van der Waals surface area contributed by atoms with Crippen molar-refractivity contribution in [2.45, 2.75) is 27.7 Å². The van der Waals surface area contributed by atoms with Crippen molar-refractivity contribution in [3.8, 4) is 11.3 Å². The zero-order valence-electron chi connectivity index (χ0n) is 23.8. The van der Waals surface area contributed by atoms with Crippen LogP contribution in [0.4, 0.5) is 28.7 Å². The summed E-state index contributed by atoms with van der Waals surface area (Å²) >= 11 is 0. The molecule has 2 aromatic carbocycles. The van der Waals surface area contributed by atoms with E-state index in [1.807, 2.05) is 94.0 Å². The Kier molecular flexibility index (Phi) is 8.98. The van der Waals surface area contributed by atoms with Crippen LogP contribution in [-0.2, 0) is 16.6 Å². The number of hydrogen-bond acceptors (Lipinski definition) is 7. The second-order valence-corrected chi connectivity index (χ2v) is 10.2. The number of carbonyl (C=O) groups is 2. The lowest BCUT2D eigenvalue weighted by atomic mass is 10.2. The standard InChI is InChI=1S/C20H21N7O.C10H14N2O/c1-13(2)19(28)23-15-5-4-6-16(9-15)24-20-21-11-17-7-8-18(27(17)25-20)14-10-22-26(3)12-14;1-7(2)10(13)12-9-5-3-4-8(11)6-9/h4-13H,1-3H3,(H,23,28)(H,24,25);3-7H,11H2,1-2H3,(H,12,13). The first-order chi connectivity index (χ1) is 19.6. The van der Waals surface area contributed by atoms with Gasteiger partial charge < -0.3 is 21.7 Å². The summed E-state index contributed by atoms with van der Waals surface area (Å²) in [5.74, 6) is 0.346. The molecule has 5 aromatic rings. The number of nitrogens with one attached hydrogen (secondary N) is 3. The number of aryl methyl sites for hydroxylation is 1. The number of hydrogen-bond donors (Lipinski definition) is 4. The lowest BCUT2D eigenvalue weighted by Crippen LogP contribution is -2.17. The van der Waals surface area contributed by atoms with Gasteiger partial charge in [0.15, 0.2) is 0 Å². The first-order valence-electron chi connectivity index (χ1n) is 13.3. The van der Waals surface area contributed by atoms with Crippen LogP contribution in [0.1, 0.15) is 27.7 Å². The Morgan fingerprint density at radius 3 is 2.07 bits per heavy atom. The first kappa shape index (κ1) is 28.8. The van der Waals surface area contributed by atoms with E-state index in [1.54, 1.807) is 29.2 Å². The molecule has 0 saturated carbocycles. The van der Waals surface area contributed by atoms with Crippen LogP contribution >= 0.6 is 0 Å². The van der Waals surface area contributed by atoms with Crippen molar-refractivity contribution in [3.05, 3.63) is 79.3 Å². The Morgan fingerprint density at radius 1 is 0.829 bits per heavy atom. The van der Waals surface area contributed by atoms with Crippen LogP contribution in [0.15, 0.2) is 79.3 Å². The third-order valence-corrected chi connectivity index (χ3v) is 5.99. The molecule has 0 bridgehead atoms. The number of amides is 2. The smallest absolute Gasteiger partial charge is 0.245 e. The SMILES string of the molecule is CC(C)C(=O)Nc1cccc(N)c1.CC(C)C(=O)Nc1cccc(Nc2ncc3ccc(-c4cnn(C)c4)n3n2)c1. The van der Waals surface area contributed by atoms with Crippen LogP contribution < -0.4 is 21.7 Å². The zero-order valence-corrected chi connectivity index (χ0v) is 23.8. The molecule has 0 spiro atoms. The molecule has 11 heteroatoms. The van der Waals surface area contributed by atoms with Crippen molar-refractivity contribution >= 4 is 46.0 Å². The zero-order chi connectivity index (χ0) is 29.5. The third-order valence-electron chi connectivity index (χ3n) is 5.99. The van der Waals surface area contributed by atoms with E-state index < -0.39 is 0 Å². The van der Waals surface area contributed by atoms with E-state index in [0.717, 1.165) is 33.8 Å². The number of benzene rings is 2. The molecule has 212 valence electrons. The van der Waals surface area contributed by atoms with E-state index >= 15 is 0 Å². The predicted molar refractivity (Wildman–Crippen MR) is 163 cm³/mol. The lowest BCUT2D eigenvalue weighted by molar-refractivity contribution is -0.119. The molecule has 0 atom stereocenters. The van der Waals surface area contributed by atoms with Gasteiger partial charge in [0.05, 0.1) is 23.6 Å². The first-order valence-corrected chi connectivity index (χ1v) is 13.3. The average molecular weight is 554 g/mol. The number of nitrogen functional groups attached to an aromatic ring is 1. The van der Waals surface area contributed by atoms with Gasteiger partial charge in [-0.1, -0.05) is 39.8 Å². The van der Waals surface area contributed by atoms with E-state index in [9.17, 15) is 9.59 Å². The minimum absolute atomic E-state index is 0.00519. The third kappa shape index (κ3) is 7.69. The highest BCUT2D eigenvalue weighted by Crippen LogP contribution is 2.23. The Bertz CT molecular complexity index is 1650. The topological polar surface area (TPSA) is 144 Å². The number of rotatable bonds is 7. The van der Waals surface area contributed by atoms with Crippen molar-refractivity contribution in [3.63, 3.8) is 0 Å². The van der Waals surface area contributed by atoms with Crippen LogP contribution in [0, 0.1) is 11.8 Å². The molecule has 3 aromatic heterocycles. The average Bonchev–Trinajstić information content (AvgIpc) is 3.54.